The van der Waals surface area contributed by atoms with Crippen molar-refractivity contribution >= 4 is 11.9 Å². The topological polar surface area (TPSA) is 184 Å². The van der Waals surface area contributed by atoms with Crippen LogP contribution in [0.15, 0.2) is 20.8 Å². The van der Waals surface area contributed by atoms with Gasteiger partial charge in [-0.25, -0.2) is 0 Å². The number of guanidine groups is 2. The molecule has 0 radical (unpaired) electrons. The summed E-state index contributed by atoms with van der Waals surface area (Å²) in [4.78, 5) is 9.51. The number of nitrogens with zero attached hydrogens (tertiary/aromatic N) is 5. The summed E-state index contributed by atoms with van der Waals surface area (Å²) in [6, 6.07) is 0. The van der Waals surface area contributed by atoms with E-state index in [1.165, 1.54) is 0 Å². The normalized spacial score (nSPS) is 9.23. The first-order valence-electron chi connectivity index (χ1n) is 2.79. The Morgan fingerprint density at radius 1 is 1.38 bits per heavy atom. The molecule has 0 unspecified atom stereocenters. The Morgan fingerprint density at radius 3 is 2.38 bits per heavy atom. The maximum atomic E-state index is 9.51. The molecule has 0 aliphatic heterocycles. The summed E-state index contributed by atoms with van der Waals surface area (Å²) in [6.45, 7) is 0. The molecular formula is C2H8N10O. The molecule has 0 rings (SSSR count). The van der Waals surface area contributed by atoms with Gasteiger partial charge in [0.05, 0.1) is 0 Å². The van der Waals surface area contributed by atoms with Gasteiger partial charge in [0.1, 0.15) is 5.29 Å². The number of nitrogens with two attached hydrogens (primary N) is 3. The lowest BCUT2D eigenvalue weighted by Crippen LogP contribution is -2.41. The maximum Gasteiger partial charge on any atom is 0.233 e. The Balaban J connectivity index is 4.27. The van der Waals surface area contributed by atoms with Crippen molar-refractivity contribution in [1.29, 1.82) is 5.41 Å². The van der Waals surface area contributed by atoms with Crippen LogP contribution in [0.5, 0.6) is 0 Å². The fourth-order valence-electron chi connectivity index (χ4n) is 0.283. The number of nitrogens with one attached hydrogen (secondary N) is 2. The number of hydrogen-bond acceptors (Lipinski definition) is 5. The zero-order chi connectivity index (χ0) is 10.3. The molecule has 0 aromatic rings. The molecule has 0 aromatic carbocycles. The van der Waals surface area contributed by atoms with Crippen LogP contribution in [-0.4, -0.2) is 17.0 Å². The Morgan fingerprint density at radius 2 is 2.00 bits per heavy atom. The third kappa shape index (κ3) is 4.88. The van der Waals surface area contributed by atoms with Gasteiger partial charge in [0, 0.05) is 5.22 Å². The molecule has 0 amide bonds. The second-order valence-electron chi connectivity index (χ2n) is 1.59. The standard InChI is InChI=1S/C2H8N10O/c3-1(4)7-9-12(2(5)6)10-8-11-13/h9H,(H3,5,6)(H4,3,4,7). The lowest BCUT2D eigenvalue weighted by Gasteiger charge is -2.11. The van der Waals surface area contributed by atoms with Crippen LogP contribution in [0.4, 0.5) is 0 Å². The monoisotopic (exact) mass is 188 g/mol. The fourth-order valence-corrected chi connectivity index (χ4v) is 0.283. The molecule has 0 aliphatic carbocycles. The van der Waals surface area contributed by atoms with Crippen molar-refractivity contribution < 1.29 is 0 Å². The molecule has 0 heterocycles. The van der Waals surface area contributed by atoms with Gasteiger partial charge < -0.3 is 17.2 Å². The first kappa shape index (κ1) is 10.5. The van der Waals surface area contributed by atoms with Crippen LogP contribution in [0.25, 0.3) is 0 Å². The molecule has 72 valence electrons. The SMILES string of the molecule is N=C(N)N(N=NN=O)NN=C(N)N. The molecule has 0 bridgehead atoms. The minimum Gasteiger partial charge on any atom is -0.369 e. The van der Waals surface area contributed by atoms with Gasteiger partial charge in [0.25, 0.3) is 0 Å². The Labute approximate surface area is 72.0 Å². The summed E-state index contributed by atoms with van der Waals surface area (Å²) < 4.78 is 0. The average Bonchev–Trinajstić information content (AvgIpc) is 2.03. The van der Waals surface area contributed by atoms with Crippen LogP contribution >= 0.6 is 0 Å². The number of hydrazone groups is 1. The Hall–Kier alpha value is -2.46. The summed E-state index contributed by atoms with van der Waals surface area (Å²) in [7, 11) is 0. The van der Waals surface area contributed by atoms with E-state index in [4.69, 9.17) is 22.6 Å². The highest BCUT2D eigenvalue weighted by atomic mass is 16.3. The Bertz CT molecular complexity index is 237. The molecule has 0 atom stereocenters. The molecule has 11 heteroatoms. The first-order valence-corrected chi connectivity index (χ1v) is 2.79. The summed E-state index contributed by atoms with van der Waals surface area (Å²) in [5.74, 6) is -0.877. The van der Waals surface area contributed by atoms with Gasteiger partial charge in [0.2, 0.25) is 11.9 Å². The average molecular weight is 188 g/mol. The third-order valence-corrected chi connectivity index (χ3v) is 0.668. The molecule has 0 aliphatic rings. The summed E-state index contributed by atoms with van der Waals surface area (Å²) in [5.41, 5.74) is 16.9. The largest absolute Gasteiger partial charge is 0.369 e. The van der Waals surface area contributed by atoms with Crippen molar-refractivity contribution in [3.63, 3.8) is 0 Å². The lowest BCUT2D eigenvalue weighted by molar-refractivity contribution is 0.301. The van der Waals surface area contributed by atoms with Crippen molar-refractivity contribution in [2.45, 2.75) is 0 Å². The van der Waals surface area contributed by atoms with E-state index in [1.54, 1.807) is 0 Å². The zero-order valence-corrected chi connectivity index (χ0v) is 6.38. The highest BCUT2D eigenvalue weighted by molar-refractivity contribution is 5.76. The highest BCUT2D eigenvalue weighted by Crippen LogP contribution is 1.84. The smallest absolute Gasteiger partial charge is 0.233 e. The van der Waals surface area contributed by atoms with Crippen molar-refractivity contribution in [2.75, 3.05) is 0 Å². The van der Waals surface area contributed by atoms with Gasteiger partial charge in [-0.05, 0) is 5.22 Å². The lowest BCUT2D eigenvalue weighted by atomic mass is 11.0. The van der Waals surface area contributed by atoms with E-state index in [1.807, 2.05) is 10.8 Å². The van der Waals surface area contributed by atoms with Crippen molar-refractivity contribution in [3.8, 4) is 0 Å². The number of nitroso groups, excluding NO2 is 1. The van der Waals surface area contributed by atoms with Crippen molar-refractivity contribution in [3.05, 3.63) is 4.91 Å². The van der Waals surface area contributed by atoms with Crippen molar-refractivity contribution in [2.24, 2.45) is 38.0 Å². The molecule has 0 saturated carbocycles. The predicted octanol–water partition coefficient (Wildman–Crippen LogP) is -2.08. The third-order valence-electron chi connectivity index (χ3n) is 0.668. The van der Waals surface area contributed by atoms with E-state index in [0.29, 0.717) is 5.12 Å². The van der Waals surface area contributed by atoms with Crippen LogP contribution in [0.3, 0.4) is 0 Å². The van der Waals surface area contributed by atoms with E-state index in [2.05, 4.69) is 15.5 Å². The fraction of sp³-hybridized carbons (Fsp3) is 0. The molecule has 0 saturated heterocycles. The predicted molar refractivity (Wildman–Crippen MR) is 43.3 cm³/mol. The second kappa shape index (κ2) is 5.22. The number of hydrazine groups is 1. The van der Waals surface area contributed by atoms with Gasteiger partial charge in [-0.15, -0.1) is 15.1 Å². The molecule has 13 heavy (non-hydrogen) atoms. The van der Waals surface area contributed by atoms with E-state index in [-0.39, 0.29) is 5.96 Å². The first-order chi connectivity index (χ1) is 6.07. The van der Waals surface area contributed by atoms with Gasteiger partial charge in [-0.3, -0.25) is 5.41 Å². The zero-order valence-electron chi connectivity index (χ0n) is 6.38. The summed E-state index contributed by atoms with van der Waals surface area (Å²) in [5, 5.41) is 18.3. The highest BCUT2D eigenvalue weighted by Gasteiger charge is 2.02. The van der Waals surface area contributed by atoms with Crippen LogP contribution in [0.2, 0.25) is 0 Å². The molecule has 8 N–H and O–H groups in total. The summed E-state index contributed by atoms with van der Waals surface area (Å²) in [6.07, 6.45) is 0. The molecule has 0 aromatic heterocycles. The number of rotatable bonds is 4. The minimum absolute atomic E-state index is 0.305. The Kier molecular flexibility index (Phi) is 4.24. The molecule has 0 spiro atoms. The van der Waals surface area contributed by atoms with Gasteiger partial charge in [-0.2, -0.15) is 5.53 Å². The van der Waals surface area contributed by atoms with E-state index in [0.717, 1.165) is 0 Å². The van der Waals surface area contributed by atoms with E-state index in [9.17, 15) is 4.91 Å². The summed E-state index contributed by atoms with van der Waals surface area (Å²) >= 11 is 0. The molecule has 11 nitrogen and oxygen atoms in total. The number of hydrogen-bond donors (Lipinski definition) is 5. The quantitative estimate of drug-likeness (QED) is 0.111. The van der Waals surface area contributed by atoms with Crippen LogP contribution < -0.4 is 22.7 Å². The van der Waals surface area contributed by atoms with E-state index < -0.39 is 5.96 Å². The molecular weight excluding hydrogens is 180 g/mol. The van der Waals surface area contributed by atoms with Crippen LogP contribution in [-0.2, 0) is 0 Å². The van der Waals surface area contributed by atoms with Crippen LogP contribution in [0, 0.1) is 10.3 Å². The van der Waals surface area contributed by atoms with Gasteiger partial charge >= 0.3 is 0 Å². The maximum absolute atomic E-state index is 9.51. The minimum atomic E-state index is -0.572. The van der Waals surface area contributed by atoms with Crippen molar-refractivity contribution in [1.82, 2.24) is 10.7 Å². The van der Waals surface area contributed by atoms with Crippen LogP contribution in [0.1, 0.15) is 0 Å². The van der Waals surface area contributed by atoms with E-state index >= 15 is 0 Å². The molecule has 0 fully saturated rings. The van der Waals surface area contributed by atoms with Gasteiger partial charge in [0.15, 0.2) is 0 Å². The second-order valence-corrected chi connectivity index (χ2v) is 1.59. The van der Waals surface area contributed by atoms with Gasteiger partial charge in [-0.1, -0.05) is 0 Å².